The van der Waals surface area contributed by atoms with Gasteiger partial charge in [0.05, 0.1) is 36.7 Å². The number of para-hydroxylation sites is 1. The van der Waals surface area contributed by atoms with Gasteiger partial charge in [0, 0.05) is 42.7 Å². The summed E-state index contributed by atoms with van der Waals surface area (Å²) in [7, 11) is 0. The molecule has 3 aliphatic heterocycles. The number of carbonyl (C=O) groups is 2. The number of rotatable bonds is 6. The van der Waals surface area contributed by atoms with Crippen molar-refractivity contribution in [2.24, 2.45) is 0 Å². The number of amides is 1. The van der Waals surface area contributed by atoms with Gasteiger partial charge in [-0.3, -0.25) is 14.5 Å². The quantitative estimate of drug-likeness (QED) is 0.361. The van der Waals surface area contributed by atoms with E-state index in [1.807, 2.05) is 25.1 Å². The Morgan fingerprint density at radius 2 is 1.90 bits per heavy atom. The monoisotopic (exact) mass is 556 g/mol. The van der Waals surface area contributed by atoms with Gasteiger partial charge in [-0.2, -0.15) is 0 Å². The first-order valence-electron chi connectivity index (χ1n) is 15.0. The summed E-state index contributed by atoms with van der Waals surface area (Å²) in [6.45, 7) is 6.28. The highest BCUT2D eigenvalue weighted by Gasteiger charge is 2.53. The number of carbonyl (C=O) groups excluding carboxylic acids is 2. The highest BCUT2D eigenvalue weighted by molar-refractivity contribution is 6.02. The molecule has 0 spiro atoms. The van der Waals surface area contributed by atoms with Gasteiger partial charge in [-0.25, -0.2) is 9.78 Å². The van der Waals surface area contributed by atoms with E-state index in [-0.39, 0.29) is 12.0 Å². The lowest BCUT2D eigenvalue weighted by Gasteiger charge is -2.29. The van der Waals surface area contributed by atoms with Crippen LogP contribution in [0, 0.1) is 0 Å². The number of cyclic esters (lactones) is 1. The predicted molar refractivity (Wildman–Crippen MR) is 154 cm³/mol. The first kappa shape index (κ1) is 26.3. The predicted octanol–water partition coefficient (Wildman–Crippen LogP) is 3.70. The summed E-state index contributed by atoms with van der Waals surface area (Å²) in [5.41, 5.74) is 3.07. The lowest BCUT2D eigenvalue weighted by Crippen LogP contribution is -2.48. The van der Waals surface area contributed by atoms with Crippen LogP contribution < -0.4 is 10.9 Å². The Bertz CT molecular complexity index is 1600. The van der Waals surface area contributed by atoms with E-state index in [9.17, 15) is 14.4 Å². The number of pyridine rings is 2. The number of aromatic nitrogens is 2. The first-order chi connectivity index (χ1) is 20.0. The van der Waals surface area contributed by atoms with Crippen LogP contribution in [0.25, 0.3) is 22.3 Å². The average molecular weight is 557 g/mol. The molecular formula is C32H36N4O5. The second-order valence-corrected chi connectivity index (χ2v) is 11.7. The van der Waals surface area contributed by atoms with Crippen molar-refractivity contribution >= 4 is 22.8 Å². The number of nitrogens with zero attached hydrogens (tertiary/aromatic N) is 3. The molecule has 2 fully saturated rings. The van der Waals surface area contributed by atoms with Crippen LogP contribution in [0.3, 0.4) is 0 Å². The number of hydrogen-bond acceptors (Lipinski definition) is 7. The van der Waals surface area contributed by atoms with Crippen molar-refractivity contribution in [3.63, 3.8) is 0 Å². The molecule has 1 N–H and O–H groups in total. The molecule has 7 rings (SSSR count). The molecule has 3 aromatic rings. The molecule has 4 aliphatic rings. The van der Waals surface area contributed by atoms with Gasteiger partial charge in [0.1, 0.15) is 5.56 Å². The van der Waals surface area contributed by atoms with Crippen molar-refractivity contribution in [1.82, 2.24) is 19.8 Å². The van der Waals surface area contributed by atoms with E-state index in [1.165, 1.54) is 24.8 Å². The minimum absolute atomic E-state index is 0.0319. The Morgan fingerprint density at radius 1 is 1.12 bits per heavy atom. The van der Waals surface area contributed by atoms with Crippen LogP contribution in [0.4, 0.5) is 0 Å². The molecule has 214 valence electrons. The fraction of sp³-hybridized carbons (Fsp3) is 0.500. The van der Waals surface area contributed by atoms with Crippen LogP contribution in [0.15, 0.2) is 35.1 Å². The van der Waals surface area contributed by atoms with Gasteiger partial charge < -0.3 is 19.4 Å². The van der Waals surface area contributed by atoms with Gasteiger partial charge >= 0.3 is 5.97 Å². The Hall–Kier alpha value is -3.56. The zero-order chi connectivity index (χ0) is 28.1. The molecule has 9 nitrogen and oxygen atoms in total. The molecule has 0 bridgehead atoms. The van der Waals surface area contributed by atoms with Crippen molar-refractivity contribution in [2.75, 3.05) is 39.4 Å². The van der Waals surface area contributed by atoms with Crippen LogP contribution in [0.5, 0.6) is 0 Å². The minimum atomic E-state index is -1.54. The number of hydrogen-bond donors (Lipinski definition) is 1. The van der Waals surface area contributed by atoms with Gasteiger partial charge in [0.2, 0.25) is 5.60 Å². The van der Waals surface area contributed by atoms with Gasteiger partial charge in [-0.1, -0.05) is 44.4 Å². The van der Waals surface area contributed by atoms with Crippen molar-refractivity contribution in [1.29, 1.82) is 0 Å². The molecule has 2 aromatic heterocycles. The molecule has 5 heterocycles. The lowest BCUT2D eigenvalue weighted by molar-refractivity contribution is -0.140. The number of morpholine rings is 1. The zero-order valence-corrected chi connectivity index (χ0v) is 23.5. The molecule has 1 saturated heterocycles. The summed E-state index contributed by atoms with van der Waals surface area (Å²) in [5, 5.41) is 4.13. The van der Waals surface area contributed by atoms with Crippen LogP contribution >= 0.6 is 0 Å². The lowest BCUT2D eigenvalue weighted by atomic mass is 9.80. The normalized spacial score (nSPS) is 22.3. The number of benzene rings is 1. The summed E-state index contributed by atoms with van der Waals surface area (Å²) in [5.74, 6) is -0.705. The molecule has 1 amide bonds. The van der Waals surface area contributed by atoms with E-state index in [0.29, 0.717) is 50.0 Å². The van der Waals surface area contributed by atoms with Crippen molar-refractivity contribution < 1.29 is 19.1 Å². The number of esters is 1. The van der Waals surface area contributed by atoms with Crippen molar-refractivity contribution in [2.45, 2.75) is 63.5 Å². The van der Waals surface area contributed by atoms with Gasteiger partial charge in [0.15, 0.2) is 0 Å². The molecule has 1 aromatic carbocycles. The molecule has 0 radical (unpaired) electrons. The second kappa shape index (κ2) is 10.4. The summed E-state index contributed by atoms with van der Waals surface area (Å²) in [4.78, 5) is 48.1. The van der Waals surface area contributed by atoms with E-state index in [1.54, 1.807) is 4.57 Å². The van der Waals surface area contributed by atoms with Crippen molar-refractivity contribution in [3.05, 3.63) is 62.9 Å². The Labute approximate surface area is 238 Å². The molecule has 0 unspecified atom stereocenters. The largest absolute Gasteiger partial charge is 0.440 e. The maximum Gasteiger partial charge on any atom is 0.345 e. The van der Waals surface area contributed by atoms with Crippen LogP contribution in [0.2, 0.25) is 0 Å². The number of fused-ring (bicyclic) bond motifs is 5. The van der Waals surface area contributed by atoms with Crippen LogP contribution in [0.1, 0.15) is 78.4 Å². The van der Waals surface area contributed by atoms with E-state index in [0.717, 1.165) is 48.1 Å². The van der Waals surface area contributed by atoms with Crippen LogP contribution in [-0.4, -0.2) is 65.7 Å². The molecular weight excluding hydrogens is 520 g/mol. The summed E-state index contributed by atoms with van der Waals surface area (Å²) in [6.07, 6.45) is 6.12. The van der Waals surface area contributed by atoms with Gasteiger partial charge in [-0.05, 0) is 42.9 Å². The van der Waals surface area contributed by atoms with Gasteiger partial charge in [-0.15, -0.1) is 0 Å². The number of ether oxygens (including phenoxy) is 2. The summed E-state index contributed by atoms with van der Waals surface area (Å²) >= 11 is 0. The first-order valence-corrected chi connectivity index (χ1v) is 15.0. The van der Waals surface area contributed by atoms with Crippen molar-refractivity contribution in [3.8, 4) is 11.4 Å². The Morgan fingerprint density at radius 3 is 2.68 bits per heavy atom. The molecule has 41 heavy (non-hydrogen) atoms. The Balaban J connectivity index is 1.30. The number of nitrogens with one attached hydrogen (secondary N) is 1. The second-order valence-electron chi connectivity index (χ2n) is 11.7. The molecule has 1 saturated carbocycles. The van der Waals surface area contributed by atoms with E-state index in [4.69, 9.17) is 14.5 Å². The minimum Gasteiger partial charge on any atom is -0.440 e. The van der Waals surface area contributed by atoms with Gasteiger partial charge in [0.25, 0.3) is 11.5 Å². The third kappa shape index (κ3) is 4.20. The fourth-order valence-electron chi connectivity index (χ4n) is 7.33. The topological polar surface area (TPSA) is 103 Å². The fourth-order valence-corrected chi connectivity index (χ4v) is 7.33. The summed E-state index contributed by atoms with van der Waals surface area (Å²) in [6, 6.07) is 10.0. The summed E-state index contributed by atoms with van der Waals surface area (Å²) < 4.78 is 12.9. The molecule has 1 atom stereocenters. The smallest absolute Gasteiger partial charge is 0.345 e. The zero-order valence-electron chi connectivity index (χ0n) is 23.5. The van der Waals surface area contributed by atoms with E-state index >= 15 is 0 Å². The third-order valence-electron chi connectivity index (χ3n) is 9.50. The Kier molecular flexibility index (Phi) is 6.66. The maximum atomic E-state index is 13.9. The third-order valence-corrected chi connectivity index (χ3v) is 9.50. The molecule has 9 heteroatoms. The SMILES string of the molecule is CC[C@@]1(C(=O)NCCN2CCOCC2)OC(=O)c2c1cc1n(c2=O)Cc2c-1nc1ccccc1c2C1CCCCC1. The highest BCUT2D eigenvalue weighted by Crippen LogP contribution is 2.46. The standard InChI is InChI=1S/C32H36N4O5/c1-2-32(31(39)33-12-13-35-14-16-40-17-15-35)23-18-25-28-22(19-36(25)29(37)27(23)30(38)41-32)26(20-8-4-3-5-9-20)21-10-6-7-11-24(21)34-28/h6-7,10-11,18,20H,2-5,8-9,12-17,19H2,1H3,(H,33,39)/t32-/m1/s1. The average Bonchev–Trinajstić information content (AvgIpc) is 3.52. The van der Waals surface area contributed by atoms with Crippen LogP contribution in [-0.2, 0) is 26.4 Å². The van der Waals surface area contributed by atoms with E-state index < -0.39 is 23.0 Å². The highest BCUT2D eigenvalue weighted by atomic mass is 16.6. The molecule has 1 aliphatic carbocycles. The van der Waals surface area contributed by atoms with E-state index in [2.05, 4.69) is 22.3 Å². The maximum absolute atomic E-state index is 13.9.